The van der Waals surface area contributed by atoms with Gasteiger partial charge in [0.05, 0.1) is 0 Å². The molecular weight excluding hydrogens is 364 g/mol. The largest absolute Gasteiger partial charge is 0.354 e. The number of H-pyrrole nitrogens is 1. The molecule has 0 amide bonds. The van der Waals surface area contributed by atoms with Gasteiger partial charge in [-0.3, -0.25) is 9.69 Å². The number of hydrogen-bond donors (Lipinski definition) is 1. The van der Waals surface area contributed by atoms with Crippen molar-refractivity contribution in [1.82, 2.24) is 24.8 Å². The van der Waals surface area contributed by atoms with Gasteiger partial charge in [0.15, 0.2) is 0 Å². The highest BCUT2D eigenvalue weighted by molar-refractivity contribution is 5.56. The molecule has 156 valence electrons. The molecule has 0 aromatic carbocycles. The second-order valence-electron chi connectivity index (χ2n) is 8.45. The number of pyridine rings is 1. The van der Waals surface area contributed by atoms with Crippen molar-refractivity contribution in [3.05, 3.63) is 39.9 Å². The maximum absolute atomic E-state index is 12.0. The SMILES string of the molecule is Cc1nc(-c2ccc(N3CCN(CC4CCCCN4C)CC3)nc2)[nH]c(=O)c1C. The van der Waals surface area contributed by atoms with Crippen LogP contribution in [0.4, 0.5) is 5.82 Å². The maximum atomic E-state index is 12.0. The van der Waals surface area contributed by atoms with Crippen LogP contribution in [-0.4, -0.2) is 77.1 Å². The molecule has 0 radical (unpaired) electrons. The number of piperazine rings is 1. The van der Waals surface area contributed by atoms with Crippen molar-refractivity contribution in [2.45, 2.75) is 39.2 Å². The number of rotatable bonds is 4. The Hall–Kier alpha value is -2.25. The Morgan fingerprint density at radius 1 is 1.10 bits per heavy atom. The summed E-state index contributed by atoms with van der Waals surface area (Å²) in [5, 5.41) is 0. The van der Waals surface area contributed by atoms with Crippen molar-refractivity contribution in [3.8, 4) is 11.4 Å². The third kappa shape index (κ3) is 4.51. The molecule has 2 aliphatic rings. The average molecular weight is 397 g/mol. The Morgan fingerprint density at radius 2 is 1.90 bits per heavy atom. The summed E-state index contributed by atoms with van der Waals surface area (Å²) in [6.07, 6.45) is 5.85. The first-order valence-electron chi connectivity index (χ1n) is 10.7. The van der Waals surface area contributed by atoms with E-state index in [1.165, 1.54) is 32.4 Å². The van der Waals surface area contributed by atoms with Gasteiger partial charge in [-0.2, -0.15) is 0 Å². The van der Waals surface area contributed by atoms with Gasteiger partial charge in [0.25, 0.3) is 5.56 Å². The van der Waals surface area contributed by atoms with E-state index in [9.17, 15) is 4.79 Å². The molecule has 2 aliphatic heterocycles. The third-order valence-corrected chi connectivity index (χ3v) is 6.50. The Kier molecular flexibility index (Phi) is 5.96. The van der Waals surface area contributed by atoms with Crippen LogP contribution in [0.5, 0.6) is 0 Å². The number of anilines is 1. The van der Waals surface area contributed by atoms with E-state index in [0.29, 0.717) is 17.4 Å². The minimum Gasteiger partial charge on any atom is -0.354 e. The molecular formula is C22H32N6O. The number of nitrogens with one attached hydrogen (secondary N) is 1. The summed E-state index contributed by atoms with van der Waals surface area (Å²) in [6, 6.07) is 4.74. The fourth-order valence-electron chi connectivity index (χ4n) is 4.33. The van der Waals surface area contributed by atoms with Crippen molar-refractivity contribution in [3.63, 3.8) is 0 Å². The summed E-state index contributed by atoms with van der Waals surface area (Å²) in [5.41, 5.74) is 2.17. The quantitative estimate of drug-likeness (QED) is 0.853. The molecule has 2 fully saturated rings. The normalized spacial score (nSPS) is 21.5. The van der Waals surface area contributed by atoms with E-state index in [4.69, 9.17) is 0 Å². The lowest BCUT2D eigenvalue weighted by Crippen LogP contribution is -2.52. The highest BCUT2D eigenvalue weighted by Gasteiger charge is 2.24. The van der Waals surface area contributed by atoms with Crippen LogP contribution in [0.1, 0.15) is 30.5 Å². The van der Waals surface area contributed by atoms with Crippen LogP contribution in [-0.2, 0) is 0 Å². The zero-order valence-corrected chi connectivity index (χ0v) is 17.8. The maximum Gasteiger partial charge on any atom is 0.254 e. The summed E-state index contributed by atoms with van der Waals surface area (Å²) in [4.78, 5) is 31.5. The number of piperidine rings is 1. The van der Waals surface area contributed by atoms with Crippen molar-refractivity contribution < 1.29 is 0 Å². The van der Waals surface area contributed by atoms with Crippen molar-refractivity contribution >= 4 is 5.82 Å². The van der Waals surface area contributed by atoms with Gasteiger partial charge in [-0.25, -0.2) is 9.97 Å². The topological polar surface area (TPSA) is 68.4 Å². The lowest BCUT2D eigenvalue weighted by Gasteiger charge is -2.40. The number of nitrogens with zero attached hydrogens (tertiary/aromatic N) is 5. The number of aromatic amines is 1. The molecule has 4 heterocycles. The minimum absolute atomic E-state index is 0.0868. The summed E-state index contributed by atoms with van der Waals surface area (Å²) in [5.74, 6) is 1.58. The van der Waals surface area contributed by atoms with E-state index in [1.54, 1.807) is 6.92 Å². The van der Waals surface area contributed by atoms with E-state index in [-0.39, 0.29) is 5.56 Å². The fourth-order valence-corrected chi connectivity index (χ4v) is 4.33. The number of aryl methyl sites for hydroxylation is 1. The molecule has 0 saturated carbocycles. The van der Waals surface area contributed by atoms with Crippen LogP contribution in [0.25, 0.3) is 11.4 Å². The monoisotopic (exact) mass is 396 g/mol. The number of hydrogen-bond acceptors (Lipinski definition) is 6. The van der Waals surface area contributed by atoms with Gasteiger partial charge >= 0.3 is 0 Å². The molecule has 2 aromatic rings. The molecule has 2 saturated heterocycles. The van der Waals surface area contributed by atoms with E-state index in [1.807, 2.05) is 25.3 Å². The van der Waals surface area contributed by atoms with Crippen LogP contribution in [0, 0.1) is 13.8 Å². The molecule has 7 heteroatoms. The van der Waals surface area contributed by atoms with Crippen LogP contribution in [0.3, 0.4) is 0 Å². The van der Waals surface area contributed by atoms with E-state index < -0.39 is 0 Å². The van der Waals surface area contributed by atoms with Crippen LogP contribution >= 0.6 is 0 Å². The number of aromatic nitrogens is 3. The van der Waals surface area contributed by atoms with E-state index in [0.717, 1.165) is 43.3 Å². The van der Waals surface area contributed by atoms with Crippen molar-refractivity contribution in [1.29, 1.82) is 0 Å². The van der Waals surface area contributed by atoms with Gasteiger partial charge < -0.3 is 14.8 Å². The van der Waals surface area contributed by atoms with E-state index in [2.05, 4.69) is 36.7 Å². The van der Waals surface area contributed by atoms with E-state index >= 15 is 0 Å². The van der Waals surface area contributed by atoms with Crippen LogP contribution in [0.2, 0.25) is 0 Å². The lowest BCUT2D eigenvalue weighted by molar-refractivity contribution is 0.124. The van der Waals surface area contributed by atoms with Gasteiger partial charge in [0.2, 0.25) is 0 Å². The number of likely N-dealkylation sites (N-methyl/N-ethyl adjacent to an activating group) is 1. The van der Waals surface area contributed by atoms with Gasteiger partial charge in [0.1, 0.15) is 11.6 Å². The second kappa shape index (κ2) is 8.63. The van der Waals surface area contributed by atoms with Gasteiger partial charge in [-0.05, 0) is 52.4 Å². The van der Waals surface area contributed by atoms with Gasteiger partial charge in [-0.15, -0.1) is 0 Å². The second-order valence-corrected chi connectivity index (χ2v) is 8.45. The molecule has 0 bridgehead atoms. The Balaban J connectivity index is 1.36. The molecule has 2 aromatic heterocycles. The zero-order valence-electron chi connectivity index (χ0n) is 17.8. The average Bonchev–Trinajstić information content (AvgIpc) is 2.74. The summed E-state index contributed by atoms with van der Waals surface area (Å²) < 4.78 is 0. The molecule has 1 unspecified atom stereocenters. The first-order chi connectivity index (χ1) is 14.0. The molecule has 4 rings (SSSR count). The fraction of sp³-hybridized carbons (Fsp3) is 0.591. The third-order valence-electron chi connectivity index (χ3n) is 6.50. The smallest absolute Gasteiger partial charge is 0.254 e. The summed E-state index contributed by atoms with van der Waals surface area (Å²) >= 11 is 0. The first kappa shape index (κ1) is 20.0. The minimum atomic E-state index is -0.0868. The van der Waals surface area contributed by atoms with Gasteiger partial charge in [-0.1, -0.05) is 6.42 Å². The summed E-state index contributed by atoms with van der Waals surface area (Å²) in [6.45, 7) is 10.2. The zero-order chi connectivity index (χ0) is 20.4. The Bertz CT molecular complexity index is 885. The molecule has 7 nitrogen and oxygen atoms in total. The van der Waals surface area contributed by atoms with Crippen molar-refractivity contribution in [2.24, 2.45) is 0 Å². The number of likely N-dealkylation sites (tertiary alicyclic amines) is 1. The Labute approximate surface area is 172 Å². The lowest BCUT2D eigenvalue weighted by atomic mass is 10.0. The molecule has 1 N–H and O–H groups in total. The highest BCUT2D eigenvalue weighted by atomic mass is 16.1. The first-order valence-corrected chi connectivity index (χ1v) is 10.7. The molecule has 0 spiro atoms. The summed E-state index contributed by atoms with van der Waals surface area (Å²) in [7, 11) is 2.27. The molecule has 29 heavy (non-hydrogen) atoms. The van der Waals surface area contributed by atoms with Crippen molar-refractivity contribution in [2.75, 3.05) is 51.2 Å². The predicted octanol–water partition coefficient (Wildman–Crippen LogP) is 2.06. The Morgan fingerprint density at radius 3 is 2.55 bits per heavy atom. The van der Waals surface area contributed by atoms with Crippen LogP contribution in [0.15, 0.2) is 23.1 Å². The van der Waals surface area contributed by atoms with Gasteiger partial charge in [0, 0.05) is 61.8 Å². The van der Waals surface area contributed by atoms with Crippen LogP contribution < -0.4 is 10.5 Å². The predicted molar refractivity (Wildman–Crippen MR) is 116 cm³/mol. The standard InChI is InChI=1S/C22H32N6O/c1-16-17(2)24-21(25-22(16)29)18-7-8-20(23-14-18)28-12-10-27(11-13-28)15-19-6-4-5-9-26(19)3/h7-8,14,19H,4-6,9-13,15H2,1-3H3,(H,24,25,29). The molecule has 0 aliphatic carbocycles. The molecule has 1 atom stereocenters. The highest BCUT2D eigenvalue weighted by Crippen LogP contribution is 2.20.